The molecule has 1 saturated carbocycles. The molecule has 1 aromatic rings. The molecule has 2 fully saturated rings. The molecule has 2 aliphatic heterocycles. The molecule has 4 rings (SSSR count). The van der Waals surface area contributed by atoms with Crippen LogP contribution in [-0.2, 0) is 11.2 Å². The van der Waals surface area contributed by atoms with E-state index in [1.807, 2.05) is 26.4 Å². The highest BCUT2D eigenvalue weighted by Crippen LogP contribution is 2.46. The number of nitrogens with one attached hydrogen (secondary N) is 2. The van der Waals surface area contributed by atoms with E-state index in [4.69, 9.17) is 4.74 Å². The van der Waals surface area contributed by atoms with E-state index in [0.717, 1.165) is 56.8 Å². The first-order valence-electron chi connectivity index (χ1n) is 9.35. The molecule has 1 aliphatic carbocycles. The van der Waals surface area contributed by atoms with Crippen LogP contribution in [0.15, 0.2) is 12.3 Å². The number of hydrogen-bond acceptors (Lipinski definition) is 5. The van der Waals surface area contributed by atoms with Gasteiger partial charge in [0.1, 0.15) is 5.75 Å². The fourth-order valence-electron chi connectivity index (χ4n) is 4.31. The lowest BCUT2D eigenvalue weighted by Crippen LogP contribution is -2.62. The molecule has 1 spiro atoms. The maximum absolute atomic E-state index is 12.0. The summed E-state index contributed by atoms with van der Waals surface area (Å²) in [7, 11) is 3.62. The van der Waals surface area contributed by atoms with Crippen molar-refractivity contribution in [3.05, 3.63) is 23.5 Å². The third kappa shape index (κ3) is 3.25. The van der Waals surface area contributed by atoms with Crippen LogP contribution < -0.4 is 15.4 Å². The number of fused-ring (bicyclic) bond motifs is 1. The molecule has 1 atom stereocenters. The van der Waals surface area contributed by atoms with E-state index >= 15 is 0 Å². The van der Waals surface area contributed by atoms with Crippen molar-refractivity contribution in [3.63, 3.8) is 0 Å². The van der Waals surface area contributed by atoms with Gasteiger partial charge in [0.05, 0.1) is 11.8 Å². The van der Waals surface area contributed by atoms with Crippen LogP contribution in [0.2, 0.25) is 0 Å². The van der Waals surface area contributed by atoms with Crippen molar-refractivity contribution in [3.8, 4) is 5.75 Å². The number of pyridine rings is 1. The first kappa shape index (κ1) is 16.8. The molecule has 136 valence electrons. The third-order valence-electron chi connectivity index (χ3n) is 5.89. The Morgan fingerprint density at radius 1 is 1.40 bits per heavy atom. The van der Waals surface area contributed by atoms with Crippen LogP contribution in [0.1, 0.15) is 43.0 Å². The van der Waals surface area contributed by atoms with Crippen molar-refractivity contribution in [1.29, 1.82) is 0 Å². The van der Waals surface area contributed by atoms with E-state index < -0.39 is 0 Å². The Kier molecular flexibility index (Phi) is 4.41. The largest absolute Gasteiger partial charge is 0.490 e. The summed E-state index contributed by atoms with van der Waals surface area (Å²) in [5, 5.41) is 6.93. The van der Waals surface area contributed by atoms with Crippen LogP contribution in [-0.4, -0.2) is 55.6 Å². The first-order chi connectivity index (χ1) is 12.1. The van der Waals surface area contributed by atoms with Crippen LogP contribution in [0, 0.1) is 5.41 Å². The number of amides is 1. The minimum atomic E-state index is 0.149. The Bertz CT molecular complexity index is 649. The van der Waals surface area contributed by atoms with Crippen LogP contribution >= 0.6 is 0 Å². The van der Waals surface area contributed by atoms with E-state index in [9.17, 15) is 4.79 Å². The van der Waals surface area contributed by atoms with Gasteiger partial charge in [0.15, 0.2) is 0 Å². The Balaban J connectivity index is 1.46. The maximum Gasteiger partial charge on any atom is 0.222 e. The Morgan fingerprint density at radius 3 is 2.88 bits per heavy atom. The van der Waals surface area contributed by atoms with Crippen molar-refractivity contribution >= 4 is 5.91 Å². The van der Waals surface area contributed by atoms with Gasteiger partial charge < -0.3 is 20.3 Å². The van der Waals surface area contributed by atoms with Gasteiger partial charge in [-0.3, -0.25) is 9.78 Å². The molecule has 1 aromatic heterocycles. The number of hydrogen-bond donors (Lipinski definition) is 2. The van der Waals surface area contributed by atoms with Gasteiger partial charge in [-0.15, -0.1) is 0 Å². The molecule has 1 saturated heterocycles. The second kappa shape index (κ2) is 6.57. The van der Waals surface area contributed by atoms with E-state index in [2.05, 4.69) is 15.6 Å². The smallest absolute Gasteiger partial charge is 0.222 e. The van der Waals surface area contributed by atoms with Crippen molar-refractivity contribution in [2.75, 3.05) is 33.7 Å². The van der Waals surface area contributed by atoms with Crippen LogP contribution in [0.25, 0.3) is 0 Å². The third-order valence-corrected chi connectivity index (χ3v) is 5.89. The Hall–Kier alpha value is -1.66. The lowest BCUT2D eigenvalue weighted by atomic mass is 9.63. The molecule has 2 N–H and O–H groups in total. The van der Waals surface area contributed by atoms with Crippen molar-refractivity contribution < 1.29 is 9.53 Å². The average Bonchev–Trinajstić information content (AvgIpc) is 2.53. The minimum absolute atomic E-state index is 0.149. The monoisotopic (exact) mass is 344 g/mol. The lowest BCUT2D eigenvalue weighted by Gasteiger charge is -2.53. The molecule has 6 heteroatoms. The highest BCUT2D eigenvalue weighted by Gasteiger charge is 2.49. The quantitative estimate of drug-likeness (QED) is 0.842. The fraction of sp³-hybridized carbons (Fsp3) is 0.684. The van der Waals surface area contributed by atoms with E-state index in [1.54, 1.807) is 4.90 Å². The molecule has 0 bridgehead atoms. The van der Waals surface area contributed by atoms with Gasteiger partial charge in [0, 0.05) is 69.8 Å². The molecule has 1 amide bonds. The molecule has 6 nitrogen and oxygen atoms in total. The maximum atomic E-state index is 12.0. The lowest BCUT2D eigenvalue weighted by molar-refractivity contribution is -0.128. The van der Waals surface area contributed by atoms with E-state index in [-0.39, 0.29) is 11.9 Å². The van der Waals surface area contributed by atoms with Gasteiger partial charge >= 0.3 is 0 Å². The SMILES string of the molecule is CN(C)C(=O)CCC1NCCc2nccc(OC3CC4(CNC4)C3)c21. The molecular weight excluding hydrogens is 316 g/mol. The Labute approximate surface area is 149 Å². The van der Waals surface area contributed by atoms with Crippen molar-refractivity contribution in [1.82, 2.24) is 20.5 Å². The summed E-state index contributed by atoms with van der Waals surface area (Å²) in [4.78, 5) is 18.2. The second-order valence-electron chi connectivity index (χ2n) is 8.00. The zero-order chi connectivity index (χ0) is 17.4. The minimum Gasteiger partial charge on any atom is -0.490 e. The van der Waals surface area contributed by atoms with Gasteiger partial charge in [-0.2, -0.15) is 0 Å². The topological polar surface area (TPSA) is 66.5 Å². The number of ether oxygens (including phenoxy) is 1. The molecule has 25 heavy (non-hydrogen) atoms. The average molecular weight is 344 g/mol. The van der Waals surface area contributed by atoms with Gasteiger partial charge in [0.2, 0.25) is 5.91 Å². The zero-order valence-corrected chi connectivity index (χ0v) is 15.2. The fourth-order valence-corrected chi connectivity index (χ4v) is 4.31. The number of carbonyl (C=O) groups excluding carboxylic acids is 1. The van der Waals surface area contributed by atoms with Gasteiger partial charge in [0.25, 0.3) is 0 Å². The number of carbonyl (C=O) groups is 1. The van der Waals surface area contributed by atoms with E-state index in [1.165, 1.54) is 5.56 Å². The predicted octanol–water partition coefficient (Wildman–Crippen LogP) is 1.27. The normalized spacial score (nSPS) is 24.2. The van der Waals surface area contributed by atoms with E-state index in [0.29, 0.717) is 17.9 Å². The summed E-state index contributed by atoms with van der Waals surface area (Å²) in [6.45, 7) is 3.18. The molecule has 0 radical (unpaired) electrons. The van der Waals surface area contributed by atoms with Crippen molar-refractivity contribution in [2.45, 2.75) is 44.2 Å². The first-order valence-corrected chi connectivity index (χ1v) is 9.35. The van der Waals surface area contributed by atoms with Crippen LogP contribution in [0.4, 0.5) is 0 Å². The predicted molar refractivity (Wildman–Crippen MR) is 95.6 cm³/mol. The number of rotatable bonds is 5. The number of aromatic nitrogens is 1. The Morgan fingerprint density at radius 2 is 2.20 bits per heavy atom. The van der Waals surface area contributed by atoms with Gasteiger partial charge in [-0.05, 0) is 25.3 Å². The standard InChI is InChI=1S/C19H28N4O2/c1-23(2)17(24)4-3-14-18-15(5-7-21-14)22-8-6-16(18)25-13-9-19(10-13)11-20-12-19/h6,8,13-14,20-21H,3-5,7,9-12H2,1-2H3. The van der Waals surface area contributed by atoms with Crippen LogP contribution in [0.5, 0.6) is 5.75 Å². The highest BCUT2D eigenvalue weighted by molar-refractivity contribution is 5.75. The summed E-state index contributed by atoms with van der Waals surface area (Å²) in [6, 6.07) is 2.15. The molecule has 1 unspecified atom stereocenters. The second-order valence-corrected chi connectivity index (χ2v) is 8.00. The summed E-state index contributed by atoms with van der Waals surface area (Å²) >= 11 is 0. The van der Waals surface area contributed by atoms with Crippen LogP contribution in [0.3, 0.4) is 0 Å². The molecule has 3 heterocycles. The highest BCUT2D eigenvalue weighted by atomic mass is 16.5. The zero-order valence-electron chi connectivity index (χ0n) is 15.2. The van der Waals surface area contributed by atoms with Gasteiger partial charge in [-0.1, -0.05) is 0 Å². The molecular formula is C19H28N4O2. The van der Waals surface area contributed by atoms with Crippen molar-refractivity contribution in [2.24, 2.45) is 5.41 Å². The summed E-state index contributed by atoms with van der Waals surface area (Å²) in [5.74, 6) is 1.13. The van der Waals surface area contributed by atoms with Gasteiger partial charge in [-0.25, -0.2) is 0 Å². The number of nitrogens with zero attached hydrogens (tertiary/aromatic N) is 2. The summed E-state index contributed by atoms with van der Waals surface area (Å²) in [5.41, 5.74) is 2.80. The summed E-state index contributed by atoms with van der Waals surface area (Å²) in [6.07, 6.45) is 6.72. The summed E-state index contributed by atoms with van der Waals surface area (Å²) < 4.78 is 6.36. The molecule has 0 aromatic carbocycles. The molecule has 3 aliphatic rings.